The van der Waals surface area contributed by atoms with Crippen LogP contribution >= 0.6 is 34.0 Å². The van der Waals surface area contributed by atoms with Crippen molar-refractivity contribution in [2.24, 2.45) is 0 Å². The maximum absolute atomic E-state index is 5.70. The Balaban J connectivity index is 0.00000110. The summed E-state index contributed by atoms with van der Waals surface area (Å²) in [4.78, 5) is 8.44. The molecule has 108 valence electrons. The Bertz CT molecular complexity index is 685. The molecule has 3 aromatic rings. The van der Waals surface area contributed by atoms with Gasteiger partial charge in [0, 0.05) is 29.8 Å². The van der Waals surface area contributed by atoms with Gasteiger partial charge in [-0.05, 0) is 47.5 Å². The van der Waals surface area contributed by atoms with Gasteiger partial charge >= 0.3 is 0 Å². The second-order valence-corrected chi connectivity index (χ2v) is 4.29. The van der Waals surface area contributed by atoms with Crippen molar-refractivity contribution >= 4 is 39.7 Å². The van der Waals surface area contributed by atoms with Gasteiger partial charge in [0.1, 0.15) is 0 Å². The number of hydrogen-bond donors (Lipinski definition) is 1. The van der Waals surface area contributed by atoms with Gasteiger partial charge in [-0.3, -0.25) is 9.97 Å². The number of aromatic nitrogens is 2. The van der Waals surface area contributed by atoms with Crippen LogP contribution in [-0.2, 0) is 0 Å². The molecule has 3 nitrogen and oxygen atoms in total. The van der Waals surface area contributed by atoms with Crippen molar-refractivity contribution in [2.45, 2.75) is 0 Å². The van der Waals surface area contributed by atoms with E-state index < -0.39 is 0 Å². The Hall–Kier alpha value is -1.72. The summed E-state index contributed by atoms with van der Waals surface area (Å²) in [6.45, 7) is 0. The van der Waals surface area contributed by atoms with Gasteiger partial charge in [-0.15, -0.1) is 34.0 Å². The summed E-state index contributed by atoms with van der Waals surface area (Å²) in [6.07, 6.45) is 5.40. The molecule has 2 aromatic heterocycles. The van der Waals surface area contributed by atoms with E-state index in [9.17, 15) is 0 Å². The molecule has 0 aliphatic rings. The molecule has 2 heterocycles. The van der Waals surface area contributed by atoms with Gasteiger partial charge in [0.15, 0.2) is 0 Å². The SMILES string of the molecule is Br.Br.Nc1ccc(-c2cc(-c3ccncc3)ccn2)cc1. The van der Waals surface area contributed by atoms with E-state index in [0.717, 1.165) is 28.1 Å². The molecular weight excluding hydrogens is 394 g/mol. The highest BCUT2D eigenvalue weighted by atomic mass is 79.9. The lowest BCUT2D eigenvalue weighted by atomic mass is 10.0. The lowest BCUT2D eigenvalue weighted by molar-refractivity contribution is 1.31. The normalized spacial score (nSPS) is 9.33. The predicted molar refractivity (Wildman–Crippen MR) is 98.0 cm³/mol. The second-order valence-electron chi connectivity index (χ2n) is 4.29. The number of nitrogen functional groups attached to an aromatic ring is 1. The third-order valence-corrected chi connectivity index (χ3v) is 2.98. The van der Waals surface area contributed by atoms with Crippen LogP contribution in [-0.4, -0.2) is 9.97 Å². The molecule has 0 spiro atoms. The van der Waals surface area contributed by atoms with Crippen LogP contribution in [0.25, 0.3) is 22.4 Å². The van der Waals surface area contributed by atoms with Crippen molar-refractivity contribution in [3.63, 3.8) is 0 Å². The molecule has 21 heavy (non-hydrogen) atoms. The monoisotopic (exact) mass is 407 g/mol. The van der Waals surface area contributed by atoms with Crippen molar-refractivity contribution in [2.75, 3.05) is 5.73 Å². The first-order valence-corrected chi connectivity index (χ1v) is 6.05. The number of nitrogens with zero attached hydrogens (tertiary/aromatic N) is 2. The molecule has 0 radical (unpaired) electrons. The molecule has 5 heteroatoms. The molecule has 3 rings (SSSR count). The average Bonchev–Trinajstić information content (AvgIpc) is 2.49. The highest BCUT2D eigenvalue weighted by Gasteiger charge is 2.02. The molecule has 0 bridgehead atoms. The summed E-state index contributed by atoms with van der Waals surface area (Å²) in [5, 5.41) is 0. The Morgan fingerprint density at radius 1 is 0.667 bits per heavy atom. The Morgan fingerprint density at radius 3 is 1.95 bits per heavy atom. The zero-order chi connectivity index (χ0) is 13.1. The van der Waals surface area contributed by atoms with E-state index >= 15 is 0 Å². The summed E-state index contributed by atoms with van der Waals surface area (Å²) >= 11 is 0. The first-order valence-electron chi connectivity index (χ1n) is 6.05. The van der Waals surface area contributed by atoms with Crippen LogP contribution in [0.5, 0.6) is 0 Å². The zero-order valence-corrected chi connectivity index (χ0v) is 14.6. The first-order chi connectivity index (χ1) is 9.33. The molecule has 0 unspecified atom stereocenters. The maximum atomic E-state index is 5.70. The second kappa shape index (κ2) is 7.90. The van der Waals surface area contributed by atoms with E-state index in [-0.39, 0.29) is 34.0 Å². The molecular formula is C16H15Br2N3. The number of hydrogen-bond acceptors (Lipinski definition) is 3. The molecule has 0 atom stereocenters. The molecule has 0 amide bonds. The number of pyridine rings is 2. The molecule has 0 aliphatic carbocycles. The Kier molecular flexibility index (Phi) is 6.52. The quantitative estimate of drug-likeness (QED) is 0.633. The molecule has 0 fully saturated rings. The molecule has 0 saturated carbocycles. The lowest BCUT2D eigenvalue weighted by Crippen LogP contribution is -1.87. The van der Waals surface area contributed by atoms with Gasteiger partial charge in [-0.2, -0.15) is 0 Å². The number of anilines is 1. The highest BCUT2D eigenvalue weighted by molar-refractivity contribution is 8.93. The van der Waals surface area contributed by atoms with Crippen molar-refractivity contribution in [1.29, 1.82) is 0 Å². The van der Waals surface area contributed by atoms with Crippen LogP contribution in [0, 0.1) is 0 Å². The van der Waals surface area contributed by atoms with Crippen molar-refractivity contribution in [3.8, 4) is 22.4 Å². The number of rotatable bonds is 2. The van der Waals surface area contributed by atoms with Crippen molar-refractivity contribution < 1.29 is 0 Å². The molecule has 0 saturated heterocycles. The van der Waals surface area contributed by atoms with Gasteiger partial charge in [-0.1, -0.05) is 12.1 Å². The lowest BCUT2D eigenvalue weighted by Gasteiger charge is -2.05. The van der Waals surface area contributed by atoms with Crippen LogP contribution in [0.2, 0.25) is 0 Å². The fourth-order valence-corrected chi connectivity index (χ4v) is 1.97. The van der Waals surface area contributed by atoms with E-state index in [1.807, 2.05) is 48.7 Å². The van der Waals surface area contributed by atoms with E-state index in [1.165, 1.54) is 0 Å². The van der Waals surface area contributed by atoms with Gasteiger partial charge in [0.05, 0.1) is 5.69 Å². The Morgan fingerprint density at radius 2 is 1.29 bits per heavy atom. The molecule has 1 aromatic carbocycles. The summed E-state index contributed by atoms with van der Waals surface area (Å²) in [5.74, 6) is 0. The smallest absolute Gasteiger partial charge is 0.0708 e. The van der Waals surface area contributed by atoms with Gasteiger partial charge < -0.3 is 5.73 Å². The summed E-state index contributed by atoms with van der Waals surface area (Å²) in [7, 11) is 0. The summed E-state index contributed by atoms with van der Waals surface area (Å²) in [6, 6.07) is 15.8. The first kappa shape index (κ1) is 17.3. The third kappa shape index (κ3) is 4.12. The minimum Gasteiger partial charge on any atom is -0.399 e. The predicted octanol–water partition coefficient (Wildman–Crippen LogP) is 4.55. The van der Waals surface area contributed by atoms with Crippen molar-refractivity contribution in [1.82, 2.24) is 9.97 Å². The van der Waals surface area contributed by atoms with E-state index in [0.29, 0.717) is 0 Å². The summed E-state index contributed by atoms with van der Waals surface area (Å²) < 4.78 is 0. The van der Waals surface area contributed by atoms with E-state index in [4.69, 9.17) is 5.73 Å². The highest BCUT2D eigenvalue weighted by Crippen LogP contribution is 2.24. The summed E-state index contributed by atoms with van der Waals surface area (Å²) in [5.41, 5.74) is 10.7. The van der Waals surface area contributed by atoms with E-state index in [1.54, 1.807) is 12.4 Å². The minimum atomic E-state index is 0. The number of benzene rings is 1. The standard InChI is InChI=1S/C16H13N3.2BrH/c17-15-3-1-13(2-4-15)16-11-14(7-10-19-16)12-5-8-18-9-6-12;;/h1-11H,17H2;2*1H. The minimum absolute atomic E-state index is 0. The topological polar surface area (TPSA) is 51.8 Å². The largest absolute Gasteiger partial charge is 0.399 e. The average molecular weight is 409 g/mol. The maximum Gasteiger partial charge on any atom is 0.0708 e. The number of halogens is 2. The number of nitrogens with two attached hydrogens (primary N) is 1. The van der Waals surface area contributed by atoms with E-state index in [2.05, 4.69) is 16.0 Å². The van der Waals surface area contributed by atoms with Crippen LogP contribution in [0.4, 0.5) is 5.69 Å². The van der Waals surface area contributed by atoms with Gasteiger partial charge in [0.2, 0.25) is 0 Å². The fraction of sp³-hybridized carbons (Fsp3) is 0. The molecule has 0 aliphatic heterocycles. The van der Waals surface area contributed by atoms with Crippen LogP contribution in [0.1, 0.15) is 0 Å². The van der Waals surface area contributed by atoms with Crippen LogP contribution in [0.15, 0.2) is 67.1 Å². The third-order valence-electron chi connectivity index (χ3n) is 2.98. The van der Waals surface area contributed by atoms with Crippen molar-refractivity contribution in [3.05, 3.63) is 67.1 Å². The fourth-order valence-electron chi connectivity index (χ4n) is 1.97. The molecule has 2 N–H and O–H groups in total. The van der Waals surface area contributed by atoms with Crippen LogP contribution in [0.3, 0.4) is 0 Å². The van der Waals surface area contributed by atoms with Gasteiger partial charge in [-0.25, -0.2) is 0 Å². The zero-order valence-electron chi connectivity index (χ0n) is 11.1. The Labute approximate surface area is 144 Å². The van der Waals surface area contributed by atoms with Gasteiger partial charge in [0.25, 0.3) is 0 Å². The van der Waals surface area contributed by atoms with Crippen LogP contribution < -0.4 is 5.73 Å².